The van der Waals surface area contributed by atoms with Gasteiger partial charge in [0.1, 0.15) is 0 Å². The van der Waals surface area contributed by atoms with Crippen LogP contribution in [0.5, 0.6) is 0 Å². The Kier molecular flexibility index (Phi) is 5.06. The van der Waals surface area contributed by atoms with Crippen LogP contribution in [0.25, 0.3) is 10.2 Å². The van der Waals surface area contributed by atoms with Crippen molar-refractivity contribution in [2.45, 2.75) is 36.0 Å². The Labute approximate surface area is 169 Å². The maximum atomic E-state index is 12.2. The van der Waals surface area contributed by atoms with Crippen molar-refractivity contribution in [1.29, 1.82) is 0 Å². The van der Waals surface area contributed by atoms with Gasteiger partial charge in [0.05, 0.1) is 30.7 Å². The van der Waals surface area contributed by atoms with Crippen molar-refractivity contribution in [1.82, 2.24) is 4.98 Å². The van der Waals surface area contributed by atoms with Crippen LogP contribution in [0.3, 0.4) is 0 Å². The van der Waals surface area contributed by atoms with Gasteiger partial charge in [-0.1, -0.05) is 20.8 Å². The fourth-order valence-corrected chi connectivity index (χ4v) is 5.27. The summed E-state index contributed by atoms with van der Waals surface area (Å²) in [4.78, 5) is 4.56. The minimum absolute atomic E-state index is 0.0359. The second kappa shape index (κ2) is 6.82. The van der Waals surface area contributed by atoms with Crippen molar-refractivity contribution in [2.24, 2.45) is 0 Å². The Morgan fingerprint density at radius 3 is 2.18 bits per heavy atom. The molecule has 1 heterocycles. The van der Waals surface area contributed by atoms with Gasteiger partial charge in [-0.3, -0.25) is 0 Å². The molecule has 0 radical (unpaired) electrons. The average Bonchev–Trinajstić information content (AvgIpc) is 2.96. The predicted octanol–water partition coefficient (Wildman–Crippen LogP) is 4.14. The number of benzene rings is 2. The van der Waals surface area contributed by atoms with Crippen LogP contribution < -0.4 is 5.32 Å². The number of thiazole rings is 1. The fraction of sp³-hybridized carbons (Fsp3) is 0.316. The molecule has 0 saturated carbocycles. The van der Waals surface area contributed by atoms with Crippen LogP contribution in [-0.4, -0.2) is 34.3 Å². The van der Waals surface area contributed by atoms with Crippen LogP contribution in [0.1, 0.15) is 25.8 Å². The van der Waals surface area contributed by atoms with E-state index in [1.54, 1.807) is 11.3 Å². The van der Waals surface area contributed by atoms with Gasteiger partial charge < -0.3 is 5.32 Å². The van der Waals surface area contributed by atoms with Gasteiger partial charge in [-0.25, -0.2) is 21.8 Å². The summed E-state index contributed by atoms with van der Waals surface area (Å²) in [5.41, 5.74) is 1.86. The van der Waals surface area contributed by atoms with Crippen LogP contribution in [0.4, 0.5) is 11.4 Å². The fourth-order valence-electron chi connectivity index (χ4n) is 2.62. The third-order valence-electron chi connectivity index (χ3n) is 4.09. The number of nitrogens with one attached hydrogen (secondary N) is 1. The number of hydrogen-bond acceptors (Lipinski definition) is 7. The summed E-state index contributed by atoms with van der Waals surface area (Å²) in [7, 11) is -7.14. The van der Waals surface area contributed by atoms with Crippen molar-refractivity contribution < 1.29 is 16.8 Å². The number of sulfone groups is 2. The maximum absolute atomic E-state index is 12.2. The second-order valence-corrected chi connectivity index (χ2v) is 12.8. The average molecular weight is 439 g/mol. The molecule has 0 aliphatic rings. The topological polar surface area (TPSA) is 93.2 Å². The molecule has 150 valence electrons. The Bertz CT molecular complexity index is 1270. The Hall–Kier alpha value is -1.97. The zero-order chi connectivity index (χ0) is 20.9. The molecule has 9 heteroatoms. The Morgan fingerprint density at radius 2 is 1.61 bits per heavy atom. The van der Waals surface area contributed by atoms with Gasteiger partial charge in [-0.15, -0.1) is 11.3 Å². The standard InChI is InChI=1S/C19H22N2O4S3/c1-19(2,3)18-21-14-8-6-12(10-16(14)26-18)20-15-9-7-13(27(4,22)23)11-17(15)28(5,24)25/h6-11,20H,1-5H3. The van der Waals surface area contributed by atoms with Crippen molar-refractivity contribution in [2.75, 3.05) is 17.8 Å². The number of aromatic nitrogens is 1. The summed E-state index contributed by atoms with van der Waals surface area (Å²) < 4.78 is 49.0. The third-order valence-corrected chi connectivity index (χ3v) is 7.78. The minimum atomic E-state index is -3.63. The molecule has 0 amide bonds. The van der Waals surface area contributed by atoms with E-state index in [0.29, 0.717) is 11.4 Å². The molecule has 6 nitrogen and oxygen atoms in total. The van der Waals surface area contributed by atoms with Gasteiger partial charge in [-0.05, 0) is 36.4 Å². The van der Waals surface area contributed by atoms with Crippen molar-refractivity contribution in [3.05, 3.63) is 41.4 Å². The SMILES string of the molecule is CC(C)(C)c1nc2ccc(Nc3ccc(S(C)(=O)=O)cc3S(C)(=O)=O)cc2s1. The Balaban J connectivity index is 2.06. The number of fused-ring (bicyclic) bond motifs is 1. The van der Waals surface area contributed by atoms with E-state index in [2.05, 4.69) is 31.1 Å². The van der Waals surface area contributed by atoms with E-state index >= 15 is 0 Å². The van der Waals surface area contributed by atoms with E-state index in [-0.39, 0.29) is 15.2 Å². The second-order valence-electron chi connectivity index (χ2n) is 7.78. The summed E-state index contributed by atoms with van der Waals surface area (Å²) in [6, 6.07) is 9.69. The van der Waals surface area contributed by atoms with Crippen LogP contribution in [0, 0.1) is 0 Å². The molecule has 0 aliphatic carbocycles. The largest absolute Gasteiger partial charge is 0.354 e. The van der Waals surface area contributed by atoms with Gasteiger partial charge in [-0.2, -0.15) is 0 Å². The van der Waals surface area contributed by atoms with E-state index < -0.39 is 19.7 Å². The third kappa shape index (κ3) is 4.37. The highest BCUT2D eigenvalue weighted by molar-refractivity contribution is 7.91. The van der Waals surface area contributed by atoms with Crippen molar-refractivity contribution in [3.63, 3.8) is 0 Å². The molecule has 0 unspecified atom stereocenters. The molecule has 0 aliphatic heterocycles. The highest BCUT2D eigenvalue weighted by Gasteiger charge is 2.20. The number of hydrogen-bond donors (Lipinski definition) is 1. The molecule has 0 saturated heterocycles. The smallest absolute Gasteiger partial charge is 0.177 e. The number of anilines is 2. The highest BCUT2D eigenvalue weighted by Crippen LogP contribution is 2.34. The number of rotatable bonds is 4. The van der Waals surface area contributed by atoms with E-state index in [4.69, 9.17) is 0 Å². The number of nitrogens with zero attached hydrogens (tertiary/aromatic N) is 1. The summed E-state index contributed by atoms with van der Waals surface area (Å²) in [6.45, 7) is 6.31. The Morgan fingerprint density at radius 1 is 0.929 bits per heavy atom. The van der Waals surface area contributed by atoms with E-state index in [1.807, 2.05) is 18.2 Å². The zero-order valence-corrected chi connectivity index (χ0v) is 18.7. The molecule has 0 fully saturated rings. The van der Waals surface area contributed by atoms with Gasteiger partial charge in [0.25, 0.3) is 0 Å². The molecule has 0 bridgehead atoms. The molecule has 1 aromatic heterocycles. The first-order valence-corrected chi connectivity index (χ1v) is 13.1. The molecule has 0 atom stereocenters. The molecule has 28 heavy (non-hydrogen) atoms. The maximum Gasteiger partial charge on any atom is 0.177 e. The zero-order valence-electron chi connectivity index (χ0n) is 16.3. The van der Waals surface area contributed by atoms with Gasteiger partial charge in [0.2, 0.25) is 0 Å². The van der Waals surface area contributed by atoms with E-state index in [9.17, 15) is 16.8 Å². The van der Waals surface area contributed by atoms with Gasteiger partial charge in [0, 0.05) is 23.6 Å². The molecule has 2 aromatic carbocycles. The molecule has 3 rings (SSSR count). The summed E-state index contributed by atoms with van der Waals surface area (Å²) in [5, 5.41) is 4.12. The first-order valence-electron chi connectivity index (χ1n) is 8.47. The van der Waals surface area contributed by atoms with Crippen LogP contribution in [0.15, 0.2) is 46.2 Å². The summed E-state index contributed by atoms with van der Waals surface area (Å²) in [6.07, 6.45) is 2.10. The molecular formula is C19H22N2O4S3. The van der Waals surface area contributed by atoms with Crippen molar-refractivity contribution >= 4 is 52.6 Å². The lowest BCUT2D eigenvalue weighted by Crippen LogP contribution is -2.09. The van der Waals surface area contributed by atoms with E-state index in [0.717, 1.165) is 27.7 Å². The highest BCUT2D eigenvalue weighted by atomic mass is 32.2. The lowest BCUT2D eigenvalue weighted by molar-refractivity contribution is 0.587. The van der Waals surface area contributed by atoms with Gasteiger partial charge in [0.15, 0.2) is 19.7 Å². The summed E-state index contributed by atoms with van der Waals surface area (Å²) in [5.74, 6) is 0. The molecular weight excluding hydrogens is 416 g/mol. The van der Waals surface area contributed by atoms with Crippen molar-refractivity contribution in [3.8, 4) is 0 Å². The molecule has 0 spiro atoms. The monoisotopic (exact) mass is 438 g/mol. The predicted molar refractivity (Wildman–Crippen MR) is 114 cm³/mol. The molecule has 3 aromatic rings. The first-order chi connectivity index (χ1) is 12.7. The van der Waals surface area contributed by atoms with E-state index in [1.165, 1.54) is 18.2 Å². The summed E-state index contributed by atoms with van der Waals surface area (Å²) >= 11 is 1.60. The lowest BCUT2D eigenvalue weighted by atomic mass is 9.98. The normalized spacial score (nSPS) is 13.0. The first kappa shape index (κ1) is 20.8. The van der Waals surface area contributed by atoms with Crippen LogP contribution in [0.2, 0.25) is 0 Å². The minimum Gasteiger partial charge on any atom is -0.354 e. The quantitative estimate of drug-likeness (QED) is 0.658. The van der Waals surface area contributed by atoms with Gasteiger partial charge >= 0.3 is 0 Å². The molecule has 1 N–H and O–H groups in total. The lowest BCUT2D eigenvalue weighted by Gasteiger charge is -2.13. The van der Waals surface area contributed by atoms with Crippen LogP contribution in [-0.2, 0) is 25.1 Å². The van der Waals surface area contributed by atoms with Crippen LogP contribution >= 0.6 is 11.3 Å².